The molecular weight excluding hydrogens is 306 g/mol. The number of nitrogens with one attached hydrogen (secondary N) is 1. The molecule has 6 heteroatoms. The van der Waals surface area contributed by atoms with Crippen LogP contribution in [0.1, 0.15) is 29.1 Å². The summed E-state index contributed by atoms with van der Waals surface area (Å²) < 4.78 is 13.5. The average Bonchev–Trinajstić information content (AvgIpc) is 2.77. The molecule has 1 heterocycles. The number of halogens is 3. The van der Waals surface area contributed by atoms with Crippen LogP contribution in [0.3, 0.4) is 0 Å². The number of benzene rings is 1. The average molecular weight is 319 g/mol. The Hall–Kier alpha value is -0.680. The van der Waals surface area contributed by atoms with Crippen molar-refractivity contribution in [1.29, 1.82) is 0 Å². The van der Waals surface area contributed by atoms with Crippen LogP contribution in [0.5, 0.6) is 0 Å². The van der Waals surface area contributed by atoms with Crippen molar-refractivity contribution in [3.8, 4) is 0 Å². The van der Waals surface area contributed by atoms with Gasteiger partial charge in [-0.15, -0.1) is 11.3 Å². The van der Waals surface area contributed by atoms with Gasteiger partial charge in [0.2, 0.25) is 0 Å². The molecule has 0 saturated carbocycles. The van der Waals surface area contributed by atoms with Gasteiger partial charge < -0.3 is 5.32 Å². The zero-order valence-electron chi connectivity index (χ0n) is 10.5. The summed E-state index contributed by atoms with van der Waals surface area (Å²) >= 11 is 13.6. The van der Waals surface area contributed by atoms with Crippen molar-refractivity contribution in [1.82, 2.24) is 10.3 Å². The van der Waals surface area contributed by atoms with Crippen LogP contribution < -0.4 is 5.32 Å². The Kier molecular flexibility index (Phi) is 4.79. The van der Waals surface area contributed by atoms with Gasteiger partial charge in [0.05, 0.1) is 16.2 Å². The van der Waals surface area contributed by atoms with Gasteiger partial charge in [0, 0.05) is 28.0 Å². The minimum Gasteiger partial charge on any atom is -0.305 e. The molecule has 19 heavy (non-hydrogen) atoms. The molecule has 0 saturated heterocycles. The number of rotatable bonds is 4. The molecule has 102 valence electrons. The van der Waals surface area contributed by atoms with Crippen LogP contribution in [0.15, 0.2) is 17.6 Å². The van der Waals surface area contributed by atoms with E-state index in [0.717, 1.165) is 10.6 Å². The lowest BCUT2D eigenvalue weighted by molar-refractivity contribution is 0.567. The SMILES string of the molecule is Cc1ncsc1CNC(C)c1c(Cl)ccc(F)c1Cl. The van der Waals surface area contributed by atoms with Crippen LogP contribution in [-0.4, -0.2) is 4.98 Å². The Labute approximate surface area is 125 Å². The van der Waals surface area contributed by atoms with E-state index in [1.807, 2.05) is 13.8 Å². The topological polar surface area (TPSA) is 24.9 Å². The van der Waals surface area contributed by atoms with E-state index in [-0.39, 0.29) is 11.1 Å². The Morgan fingerprint density at radius 3 is 2.79 bits per heavy atom. The van der Waals surface area contributed by atoms with Gasteiger partial charge in [-0.3, -0.25) is 0 Å². The maximum atomic E-state index is 13.5. The van der Waals surface area contributed by atoms with E-state index < -0.39 is 5.82 Å². The molecule has 1 N–H and O–H groups in total. The third-order valence-corrected chi connectivity index (χ3v) is 4.57. The summed E-state index contributed by atoms with van der Waals surface area (Å²) in [5.41, 5.74) is 3.39. The maximum Gasteiger partial charge on any atom is 0.142 e. The number of hydrogen-bond donors (Lipinski definition) is 1. The number of nitrogens with zero attached hydrogens (tertiary/aromatic N) is 1. The monoisotopic (exact) mass is 318 g/mol. The number of hydrogen-bond acceptors (Lipinski definition) is 3. The number of aryl methyl sites for hydroxylation is 1. The highest BCUT2D eigenvalue weighted by atomic mass is 35.5. The van der Waals surface area contributed by atoms with Gasteiger partial charge in [-0.05, 0) is 26.0 Å². The highest BCUT2D eigenvalue weighted by molar-refractivity contribution is 7.09. The summed E-state index contributed by atoms with van der Waals surface area (Å²) in [6.45, 7) is 4.52. The van der Waals surface area contributed by atoms with Gasteiger partial charge in [0.15, 0.2) is 0 Å². The predicted octanol–water partition coefficient (Wildman–Crippen LogP) is 4.75. The maximum absolute atomic E-state index is 13.5. The van der Waals surface area contributed by atoms with Crippen LogP contribution in [-0.2, 0) is 6.54 Å². The van der Waals surface area contributed by atoms with Crippen molar-refractivity contribution in [2.75, 3.05) is 0 Å². The molecule has 0 spiro atoms. The van der Waals surface area contributed by atoms with Gasteiger partial charge in [0.25, 0.3) is 0 Å². The van der Waals surface area contributed by atoms with Crippen molar-refractivity contribution in [3.63, 3.8) is 0 Å². The molecule has 1 unspecified atom stereocenters. The molecular formula is C13H13Cl2FN2S. The second kappa shape index (κ2) is 6.18. The summed E-state index contributed by atoms with van der Waals surface area (Å²) in [4.78, 5) is 5.33. The van der Waals surface area contributed by atoms with E-state index >= 15 is 0 Å². The van der Waals surface area contributed by atoms with Crippen LogP contribution in [0, 0.1) is 12.7 Å². The summed E-state index contributed by atoms with van der Waals surface area (Å²) in [6.07, 6.45) is 0. The van der Waals surface area contributed by atoms with Gasteiger partial charge in [-0.25, -0.2) is 9.37 Å². The Balaban J connectivity index is 2.14. The molecule has 0 fully saturated rings. The number of thiazole rings is 1. The molecule has 0 aliphatic heterocycles. The van der Waals surface area contributed by atoms with Crippen molar-refractivity contribution in [2.45, 2.75) is 26.4 Å². The summed E-state index contributed by atoms with van der Waals surface area (Å²) in [7, 11) is 0. The normalized spacial score (nSPS) is 12.7. The molecule has 1 aromatic carbocycles. The largest absolute Gasteiger partial charge is 0.305 e. The van der Waals surface area contributed by atoms with Gasteiger partial charge >= 0.3 is 0 Å². The summed E-state index contributed by atoms with van der Waals surface area (Å²) in [5.74, 6) is -0.455. The molecule has 0 aliphatic rings. The van der Waals surface area contributed by atoms with E-state index in [1.54, 1.807) is 16.8 Å². The minimum atomic E-state index is -0.455. The van der Waals surface area contributed by atoms with Crippen molar-refractivity contribution in [2.24, 2.45) is 0 Å². The van der Waals surface area contributed by atoms with E-state index in [2.05, 4.69) is 10.3 Å². The first-order valence-electron chi connectivity index (χ1n) is 5.76. The lowest BCUT2D eigenvalue weighted by Crippen LogP contribution is -2.19. The standard InChI is InChI=1S/C13H13Cl2FN2S/c1-7-11(19-6-18-7)5-17-8(2)12-9(14)3-4-10(16)13(12)15/h3-4,6,8,17H,5H2,1-2H3. The molecule has 2 rings (SSSR count). The highest BCUT2D eigenvalue weighted by Crippen LogP contribution is 2.32. The van der Waals surface area contributed by atoms with Crippen molar-refractivity contribution >= 4 is 34.5 Å². The quantitative estimate of drug-likeness (QED) is 0.823. The fraction of sp³-hybridized carbons (Fsp3) is 0.308. The molecule has 1 atom stereocenters. The third-order valence-electron chi connectivity index (χ3n) is 2.93. The van der Waals surface area contributed by atoms with E-state index in [1.165, 1.54) is 12.1 Å². The van der Waals surface area contributed by atoms with Gasteiger partial charge in [-0.2, -0.15) is 0 Å². The molecule has 0 aliphatic carbocycles. The molecule has 0 radical (unpaired) electrons. The molecule has 2 nitrogen and oxygen atoms in total. The smallest absolute Gasteiger partial charge is 0.142 e. The van der Waals surface area contributed by atoms with Gasteiger partial charge in [-0.1, -0.05) is 23.2 Å². The fourth-order valence-corrected chi connectivity index (χ4v) is 3.21. The van der Waals surface area contributed by atoms with Crippen LogP contribution in [0.4, 0.5) is 4.39 Å². The third kappa shape index (κ3) is 3.26. The Bertz CT molecular complexity index is 586. The highest BCUT2D eigenvalue weighted by Gasteiger charge is 2.17. The first-order valence-corrected chi connectivity index (χ1v) is 7.40. The Morgan fingerprint density at radius 2 is 2.16 bits per heavy atom. The summed E-state index contributed by atoms with van der Waals surface area (Å²) in [5, 5.41) is 3.83. The lowest BCUT2D eigenvalue weighted by atomic mass is 10.1. The molecule has 1 aromatic heterocycles. The first kappa shape index (κ1) is 14.7. The fourth-order valence-electron chi connectivity index (χ4n) is 1.78. The van der Waals surface area contributed by atoms with Crippen molar-refractivity contribution < 1.29 is 4.39 Å². The molecule has 2 aromatic rings. The second-order valence-electron chi connectivity index (χ2n) is 4.22. The van der Waals surface area contributed by atoms with E-state index in [4.69, 9.17) is 23.2 Å². The predicted molar refractivity (Wildman–Crippen MR) is 78.5 cm³/mol. The van der Waals surface area contributed by atoms with E-state index in [9.17, 15) is 4.39 Å². The molecule has 0 amide bonds. The summed E-state index contributed by atoms with van der Waals surface area (Å²) in [6, 6.07) is 2.65. The van der Waals surface area contributed by atoms with E-state index in [0.29, 0.717) is 17.1 Å². The van der Waals surface area contributed by atoms with Crippen LogP contribution >= 0.6 is 34.5 Å². The lowest BCUT2D eigenvalue weighted by Gasteiger charge is -2.17. The zero-order chi connectivity index (χ0) is 14.0. The van der Waals surface area contributed by atoms with Crippen molar-refractivity contribution in [3.05, 3.63) is 49.6 Å². The van der Waals surface area contributed by atoms with Crippen LogP contribution in [0.25, 0.3) is 0 Å². The zero-order valence-corrected chi connectivity index (χ0v) is 12.8. The Morgan fingerprint density at radius 1 is 1.42 bits per heavy atom. The number of aromatic nitrogens is 1. The van der Waals surface area contributed by atoms with Crippen LogP contribution in [0.2, 0.25) is 10.0 Å². The first-order chi connectivity index (χ1) is 9.00. The minimum absolute atomic E-state index is 0.0773. The second-order valence-corrected chi connectivity index (χ2v) is 5.94. The van der Waals surface area contributed by atoms with Gasteiger partial charge in [0.1, 0.15) is 5.82 Å². The molecule has 0 bridgehead atoms.